The molecule has 2 fully saturated rings. The van der Waals surface area contributed by atoms with Crippen molar-refractivity contribution in [3.8, 4) is 0 Å². The Morgan fingerprint density at radius 3 is 2.33 bits per heavy atom. The van der Waals surface area contributed by atoms with Crippen LogP contribution in [0.5, 0.6) is 0 Å². The van der Waals surface area contributed by atoms with E-state index >= 15 is 0 Å². The van der Waals surface area contributed by atoms with Gasteiger partial charge in [0, 0.05) is 31.0 Å². The Hall–Kier alpha value is -2.11. The highest BCUT2D eigenvalue weighted by molar-refractivity contribution is 6.05. The Bertz CT molecular complexity index is 628. The van der Waals surface area contributed by atoms with Gasteiger partial charge < -0.3 is 10.3 Å². The maximum Gasteiger partial charge on any atom is 0.250 e. The summed E-state index contributed by atoms with van der Waals surface area (Å²) in [6.07, 6.45) is 3.13. The molecule has 21 heavy (non-hydrogen) atoms. The zero-order valence-corrected chi connectivity index (χ0v) is 12.0. The third-order valence-corrected chi connectivity index (χ3v) is 4.54. The van der Waals surface area contributed by atoms with Gasteiger partial charge in [-0.05, 0) is 24.8 Å². The summed E-state index contributed by atoms with van der Waals surface area (Å²) < 4.78 is 1.44. The quantitative estimate of drug-likeness (QED) is 0.819. The molecule has 2 atom stereocenters. The number of likely N-dealkylation sites (tertiary alicyclic amines) is 1. The predicted octanol–water partition coefficient (Wildman–Crippen LogP) is 0.462. The highest BCUT2D eigenvalue weighted by Crippen LogP contribution is 2.42. The number of carbonyl (C=O) groups excluding carboxylic acids is 2. The minimum absolute atomic E-state index is 0.0775. The molecule has 1 aliphatic carbocycles. The molecule has 1 aliphatic heterocycles. The average molecular weight is 289 g/mol. The van der Waals surface area contributed by atoms with Crippen LogP contribution in [0, 0.1) is 17.8 Å². The second-order valence-electron chi connectivity index (χ2n) is 6.11. The molecule has 1 aromatic rings. The van der Waals surface area contributed by atoms with Gasteiger partial charge in [-0.3, -0.25) is 19.3 Å². The minimum Gasteiger partial charge on any atom is -0.398 e. The lowest BCUT2D eigenvalue weighted by Crippen LogP contribution is -2.36. The Morgan fingerprint density at radius 2 is 1.71 bits per heavy atom. The number of hydrogen-bond acceptors (Lipinski definition) is 4. The van der Waals surface area contributed by atoms with Gasteiger partial charge in [-0.1, -0.05) is 6.92 Å². The number of anilines is 1. The fourth-order valence-corrected chi connectivity index (χ4v) is 3.50. The maximum absolute atomic E-state index is 12.3. The summed E-state index contributed by atoms with van der Waals surface area (Å²) in [4.78, 5) is 37.6. The van der Waals surface area contributed by atoms with Gasteiger partial charge in [0.25, 0.3) is 5.56 Å². The van der Waals surface area contributed by atoms with E-state index in [2.05, 4.69) is 6.92 Å². The number of pyridine rings is 1. The fraction of sp³-hybridized carbons (Fsp3) is 0.533. The first-order valence-electron chi connectivity index (χ1n) is 7.28. The fourth-order valence-electron chi connectivity index (χ4n) is 3.50. The number of nitrogens with two attached hydrogens (primary N) is 1. The van der Waals surface area contributed by atoms with E-state index in [1.165, 1.54) is 27.8 Å². The minimum atomic E-state index is -0.183. The number of amides is 2. The molecular weight excluding hydrogens is 270 g/mol. The van der Waals surface area contributed by atoms with E-state index in [0.717, 1.165) is 12.8 Å². The molecule has 2 unspecified atom stereocenters. The second-order valence-corrected chi connectivity index (χ2v) is 6.11. The van der Waals surface area contributed by atoms with Crippen molar-refractivity contribution in [1.29, 1.82) is 0 Å². The number of aromatic nitrogens is 1. The summed E-state index contributed by atoms with van der Waals surface area (Å²) in [7, 11) is 0. The highest BCUT2D eigenvalue weighted by Gasteiger charge is 2.51. The van der Waals surface area contributed by atoms with Gasteiger partial charge in [-0.15, -0.1) is 0 Å². The van der Waals surface area contributed by atoms with Crippen LogP contribution in [0.3, 0.4) is 0 Å². The molecule has 112 valence electrons. The van der Waals surface area contributed by atoms with Gasteiger partial charge in [-0.25, -0.2) is 0 Å². The first-order chi connectivity index (χ1) is 9.97. The number of imide groups is 1. The molecule has 2 heterocycles. The van der Waals surface area contributed by atoms with Crippen molar-refractivity contribution >= 4 is 17.5 Å². The predicted molar refractivity (Wildman–Crippen MR) is 77.2 cm³/mol. The van der Waals surface area contributed by atoms with Crippen LogP contribution in [0.25, 0.3) is 0 Å². The smallest absolute Gasteiger partial charge is 0.250 e. The average Bonchev–Trinajstić information content (AvgIpc) is 2.92. The molecule has 1 saturated carbocycles. The Labute approximate surface area is 122 Å². The van der Waals surface area contributed by atoms with Crippen LogP contribution < -0.4 is 11.3 Å². The topological polar surface area (TPSA) is 85.4 Å². The maximum atomic E-state index is 12.3. The zero-order valence-electron chi connectivity index (χ0n) is 12.0. The molecule has 0 bridgehead atoms. The third kappa shape index (κ3) is 2.34. The van der Waals surface area contributed by atoms with Crippen LogP contribution in [0.15, 0.2) is 23.1 Å². The monoisotopic (exact) mass is 289 g/mol. The SMILES string of the molecule is CC1CC2C(=O)N(CCn3cc(N)ccc3=O)C(=O)C2C1. The number of carbonyl (C=O) groups is 2. The highest BCUT2D eigenvalue weighted by atomic mass is 16.2. The summed E-state index contributed by atoms with van der Waals surface area (Å²) in [6.45, 7) is 2.61. The number of rotatable bonds is 3. The van der Waals surface area contributed by atoms with Crippen LogP contribution >= 0.6 is 0 Å². The molecule has 2 aliphatic rings. The summed E-state index contributed by atoms with van der Waals surface area (Å²) >= 11 is 0. The van der Waals surface area contributed by atoms with Gasteiger partial charge in [0.15, 0.2) is 0 Å². The number of hydrogen-bond donors (Lipinski definition) is 1. The lowest BCUT2D eigenvalue weighted by atomic mass is 10.00. The van der Waals surface area contributed by atoms with Gasteiger partial charge in [0.1, 0.15) is 0 Å². The van der Waals surface area contributed by atoms with E-state index in [4.69, 9.17) is 5.73 Å². The first kappa shape index (κ1) is 13.9. The van der Waals surface area contributed by atoms with E-state index < -0.39 is 0 Å². The van der Waals surface area contributed by atoms with Crippen molar-refractivity contribution in [2.24, 2.45) is 17.8 Å². The molecule has 1 saturated heterocycles. The van der Waals surface area contributed by atoms with Crippen LogP contribution in [0.2, 0.25) is 0 Å². The zero-order chi connectivity index (χ0) is 15.1. The number of fused-ring (bicyclic) bond motifs is 1. The van der Waals surface area contributed by atoms with E-state index in [-0.39, 0.29) is 42.3 Å². The van der Waals surface area contributed by atoms with Crippen molar-refractivity contribution in [2.75, 3.05) is 12.3 Å². The Kier molecular flexibility index (Phi) is 3.31. The molecule has 0 aromatic carbocycles. The van der Waals surface area contributed by atoms with Gasteiger partial charge in [0.2, 0.25) is 11.8 Å². The van der Waals surface area contributed by atoms with Gasteiger partial charge in [0.05, 0.1) is 11.8 Å². The van der Waals surface area contributed by atoms with Gasteiger partial charge >= 0.3 is 0 Å². The number of nitrogens with zero attached hydrogens (tertiary/aromatic N) is 2. The summed E-state index contributed by atoms with van der Waals surface area (Å²) in [5, 5.41) is 0. The van der Waals surface area contributed by atoms with Crippen LogP contribution in [0.4, 0.5) is 5.69 Å². The van der Waals surface area contributed by atoms with E-state index in [0.29, 0.717) is 11.6 Å². The number of nitrogen functional groups attached to an aromatic ring is 1. The largest absolute Gasteiger partial charge is 0.398 e. The molecule has 0 radical (unpaired) electrons. The van der Waals surface area contributed by atoms with E-state index in [9.17, 15) is 14.4 Å². The van der Waals surface area contributed by atoms with E-state index in [1.807, 2.05) is 0 Å². The van der Waals surface area contributed by atoms with Crippen LogP contribution in [-0.2, 0) is 16.1 Å². The molecule has 2 N–H and O–H groups in total. The molecule has 6 nitrogen and oxygen atoms in total. The van der Waals surface area contributed by atoms with Crippen molar-refractivity contribution < 1.29 is 9.59 Å². The molecule has 0 spiro atoms. The summed E-state index contributed by atoms with van der Waals surface area (Å²) in [5.41, 5.74) is 5.95. The normalized spacial score (nSPS) is 28.2. The molecule has 6 heteroatoms. The van der Waals surface area contributed by atoms with Crippen molar-refractivity contribution in [3.63, 3.8) is 0 Å². The van der Waals surface area contributed by atoms with Crippen LogP contribution in [-0.4, -0.2) is 27.8 Å². The van der Waals surface area contributed by atoms with E-state index in [1.54, 1.807) is 0 Å². The standard InChI is InChI=1S/C15H19N3O3/c1-9-6-11-12(7-9)15(21)18(14(11)20)5-4-17-8-10(16)2-3-13(17)19/h2-3,8-9,11-12H,4-7,16H2,1H3. The Balaban J connectivity index is 1.72. The summed E-state index contributed by atoms with van der Waals surface area (Å²) in [5.74, 6) is -0.0145. The third-order valence-electron chi connectivity index (χ3n) is 4.54. The van der Waals surface area contributed by atoms with Crippen LogP contribution in [0.1, 0.15) is 19.8 Å². The lowest BCUT2D eigenvalue weighted by Gasteiger charge is -2.17. The second kappa shape index (κ2) is 5.02. The summed E-state index contributed by atoms with van der Waals surface area (Å²) in [6, 6.07) is 2.93. The van der Waals surface area contributed by atoms with Crippen molar-refractivity contribution in [1.82, 2.24) is 9.47 Å². The lowest BCUT2D eigenvalue weighted by molar-refractivity contribution is -0.140. The molecule has 3 rings (SSSR count). The van der Waals surface area contributed by atoms with Gasteiger partial charge in [-0.2, -0.15) is 0 Å². The Morgan fingerprint density at radius 1 is 1.10 bits per heavy atom. The van der Waals surface area contributed by atoms with Crippen molar-refractivity contribution in [2.45, 2.75) is 26.3 Å². The first-order valence-corrected chi connectivity index (χ1v) is 7.28. The van der Waals surface area contributed by atoms with Crippen molar-refractivity contribution in [3.05, 3.63) is 28.7 Å². The molecule has 1 aromatic heterocycles. The molecular formula is C15H19N3O3. The molecule has 2 amide bonds.